The van der Waals surface area contributed by atoms with Crippen molar-refractivity contribution in [2.24, 2.45) is 5.41 Å². The number of nitrogen functional groups attached to an aromatic ring is 1. The van der Waals surface area contributed by atoms with E-state index >= 15 is 0 Å². The molecule has 1 fully saturated rings. The number of carbonyl (C=O) groups excluding carboxylic acids is 4. The molecule has 2 amide bonds. The molecular formula is C33H48N7O19P3S. The number of fused-ring (bicyclic) bond motifs is 1. The second kappa shape index (κ2) is 22.1. The van der Waals surface area contributed by atoms with Gasteiger partial charge in [0.2, 0.25) is 11.8 Å². The zero-order valence-corrected chi connectivity index (χ0v) is 37.3. The van der Waals surface area contributed by atoms with Gasteiger partial charge in [-0.3, -0.25) is 37.3 Å². The molecule has 1 aliphatic rings. The van der Waals surface area contributed by atoms with Crippen molar-refractivity contribution in [3.05, 3.63) is 48.5 Å². The number of aliphatic hydroxyl groups is 2. The molecule has 63 heavy (non-hydrogen) atoms. The molecule has 0 bridgehead atoms. The van der Waals surface area contributed by atoms with Crippen LogP contribution >= 0.6 is 35.2 Å². The summed E-state index contributed by atoms with van der Waals surface area (Å²) >= 11 is 0.852. The van der Waals surface area contributed by atoms with Crippen molar-refractivity contribution in [3.63, 3.8) is 0 Å². The average molecular weight is 972 g/mol. The van der Waals surface area contributed by atoms with Crippen LogP contribution in [0.25, 0.3) is 11.2 Å². The van der Waals surface area contributed by atoms with Crippen LogP contribution < -0.4 is 16.4 Å². The van der Waals surface area contributed by atoms with Crippen molar-refractivity contribution in [2.75, 3.05) is 44.4 Å². The molecule has 7 atom stereocenters. The summed E-state index contributed by atoms with van der Waals surface area (Å²) in [6.07, 6.45) is -6.00. The van der Waals surface area contributed by atoms with Crippen molar-refractivity contribution in [1.29, 1.82) is 0 Å². The second-order valence-corrected chi connectivity index (χ2v) is 19.9. The van der Waals surface area contributed by atoms with Gasteiger partial charge in [-0.25, -0.2) is 28.6 Å². The average Bonchev–Trinajstić information content (AvgIpc) is 3.74. The number of hydrogen-bond donors (Lipinski definition) is 9. The summed E-state index contributed by atoms with van der Waals surface area (Å²) < 4.78 is 68.1. The Bertz CT molecular complexity index is 2230. The highest BCUT2D eigenvalue weighted by molar-refractivity contribution is 8.13. The van der Waals surface area contributed by atoms with Crippen LogP contribution in [-0.4, -0.2) is 135 Å². The largest absolute Gasteiger partial charge is 0.481 e. The maximum Gasteiger partial charge on any atom is 0.481 e. The second-order valence-electron chi connectivity index (χ2n) is 14.5. The number of aliphatic hydroxyl groups excluding tert-OH is 2. The lowest BCUT2D eigenvalue weighted by Gasteiger charge is -2.30. The number of phosphoric acid groups is 3. The van der Waals surface area contributed by atoms with Crippen molar-refractivity contribution in [1.82, 2.24) is 30.2 Å². The van der Waals surface area contributed by atoms with Crippen LogP contribution in [0.2, 0.25) is 0 Å². The molecule has 3 heterocycles. The van der Waals surface area contributed by atoms with E-state index in [1.807, 2.05) is 30.3 Å². The lowest BCUT2D eigenvalue weighted by atomic mass is 9.87. The molecular weight excluding hydrogens is 923 g/mol. The molecule has 0 aliphatic carbocycles. The highest BCUT2D eigenvalue weighted by atomic mass is 32.2. The van der Waals surface area contributed by atoms with Crippen LogP contribution in [0.5, 0.6) is 0 Å². The van der Waals surface area contributed by atoms with Crippen molar-refractivity contribution in [3.8, 4) is 0 Å². The number of nitrogens with zero attached hydrogens (tertiary/aromatic N) is 4. The number of rotatable bonds is 25. The Kier molecular flexibility index (Phi) is 18.2. The molecule has 1 saturated heterocycles. The Labute approximate surface area is 363 Å². The van der Waals surface area contributed by atoms with Gasteiger partial charge in [0.15, 0.2) is 28.1 Å². The molecule has 2 aromatic heterocycles. The predicted molar refractivity (Wildman–Crippen MR) is 217 cm³/mol. The number of amides is 2. The van der Waals surface area contributed by atoms with E-state index in [9.17, 15) is 62.7 Å². The number of phosphoric ester groups is 3. The monoisotopic (exact) mass is 971 g/mol. The smallest absolute Gasteiger partial charge is 0.385 e. The first-order chi connectivity index (χ1) is 29.3. The zero-order chi connectivity index (χ0) is 46.8. The molecule has 26 nitrogen and oxygen atoms in total. The van der Waals surface area contributed by atoms with Crippen molar-refractivity contribution < 1.29 is 90.0 Å². The van der Waals surface area contributed by atoms with Crippen molar-refractivity contribution in [2.45, 2.75) is 70.4 Å². The number of Topliss-reactive ketones (excluding diaryl/α,β-unsaturated/α-hetero) is 1. The van der Waals surface area contributed by atoms with Gasteiger partial charge in [0.05, 0.1) is 32.6 Å². The van der Waals surface area contributed by atoms with Crippen LogP contribution in [0.1, 0.15) is 39.2 Å². The molecule has 7 unspecified atom stereocenters. The van der Waals surface area contributed by atoms with Crippen LogP contribution in [0.15, 0.2) is 43.0 Å². The first kappa shape index (κ1) is 52.0. The minimum absolute atomic E-state index is 0.00933. The van der Waals surface area contributed by atoms with E-state index in [-0.39, 0.29) is 61.9 Å². The highest BCUT2D eigenvalue weighted by Gasteiger charge is 2.57. The quantitative estimate of drug-likeness (QED) is 0.0307. The zero-order valence-electron chi connectivity index (χ0n) is 33.8. The third-order valence-electron chi connectivity index (χ3n) is 8.97. The fraction of sp³-hybridized carbons (Fsp3) is 0.545. The molecule has 10 N–H and O–H groups in total. The highest BCUT2D eigenvalue weighted by Crippen LogP contribution is 2.61. The lowest BCUT2D eigenvalue weighted by Crippen LogP contribution is -2.46. The van der Waals surface area contributed by atoms with Crippen LogP contribution in [0, 0.1) is 5.41 Å². The Balaban J connectivity index is 1.18. The molecule has 1 aromatic carbocycles. The number of carbonyl (C=O) groups is 4. The number of aromatic nitrogens is 4. The topological polar surface area (TPSA) is 390 Å². The Morgan fingerprint density at radius 3 is 2.38 bits per heavy atom. The molecule has 3 aromatic rings. The number of ketones is 1. The number of nitrogens with one attached hydrogen (secondary N) is 2. The van der Waals surface area contributed by atoms with E-state index in [0.717, 1.165) is 34.5 Å². The molecule has 350 valence electrons. The van der Waals surface area contributed by atoms with Crippen LogP contribution in [0.4, 0.5) is 5.82 Å². The van der Waals surface area contributed by atoms with Gasteiger partial charge in [0, 0.05) is 30.7 Å². The van der Waals surface area contributed by atoms with E-state index in [1.54, 1.807) is 0 Å². The molecule has 0 radical (unpaired) electrons. The maximum atomic E-state index is 12.8. The maximum absolute atomic E-state index is 12.8. The first-order valence-corrected chi connectivity index (χ1v) is 24.0. The van der Waals surface area contributed by atoms with E-state index < -0.39 is 95.0 Å². The van der Waals surface area contributed by atoms with E-state index in [0.29, 0.717) is 0 Å². The molecule has 1 aliphatic heterocycles. The predicted octanol–water partition coefficient (Wildman–Crippen LogP) is 0.0148. The summed E-state index contributed by atoms with van der Waals surface area (Å²) in [6.45, 7) is 1.44. The summed E-state index contributed by atoms with van der Waals surface area (Å²) in [6, 6.07) is 9.19. The molecule has 30 heteroatoms. The minimum Gasteiger partial charge on any atom is -0.385 e. The summed E-state index contributed by atoms with van der Waals surface area (Å²) in [5.74, 6) is -1.81. The number of hydrogen-bond acceptors (Lipinski definition) is 20. The van der Waals surface area contributed by atoms with Gasteiger partial charge in [0.25, 0.3) is 0 Å². The van der Waals surface area contributed by atoms with Crippen molar-refractivity contribution >= 4 is 74.9 Å². The van der Waals surface area contributed by atoms with Crippen LogP contribution in [-0.2, 0) is 72.6 Å². The van der Waals surface area contributed by atoms with Gasteiger partial charge in [-0.2, -0.15) is 4.31 Å². The van der Waals surface area contributed by atoms with Gasteiger partial charge in [-0.15, -0.1) is 0 Å². The summed E-state index contributed by atoms with van der Waals surface area (Å²) in [5.41, 5.74) is 3.12. The first-order valence-electron chi connectivity index (χ1n) is 18.5. The summed E-state index contributed by atoms with van der Waals surface area (Å²) in [5, 5.41) is 26.2. The number of imidazole rings is 1. The Morgan fingerprint density at radius 2 is 1.70 bits per heavy atom. The lowest BCUT2D eigenvalue weighted by molar-refractivity contribution is -0.137. The Morgan fingerprint density at radius 1 is 1.02 bits per heavy atom. The molecule has 0 spiro atoms. The number of nitrogens with two attached hydrogens (primary N) is 1. The van der Waals surface area contributed by atoms with E-state index in [1.165, 1.54) is 20.8 Å². The fourth-order valence-corrected chi connectivity index (χ4v) is 9.24. The Hall–Kier alpha value is -3.59. The van der Waals surface area contributed by atoms with Gasteiger partial charge < -0.3 is 55.6 Å². The fourth-order valence-electron chi connectivity index (χ4n) is 5.73. The van der Waals surface area contributed by atoms with E-state index in [4.69, 9.17) is 28.8 Å². The van der Waals surface area contributed by atoms with E-state index in [2.05, 4.69) is 29.9 Å². The summed E-state index contributed by atoms with van der Waals surface area (Å²) in [7, 11) is -16.5. The summed E-state index contributed by atoms with van der Waals surface area (Å²) in [4.78, 5) is 100. The van der Waals surface area contributed by atoms with Gasteiger partial charge in [-0.05, 0) is 12.5 Å². The molecule has 0 saturated carbocycles. The standard InChI is InChI=1S/C33H48N7O19P3S/c1-32(2,28(45)31(46)36-10-9-23(42)35-11-12-63-24(43)13-21(41)15-54-14-20-7-5-4-6-8-20)17-56-62(52,53)59-61(50,51)55-16-22-26(58-60(47,48)49)27(44)33(3,57-22)40-19-39-25-29(34)37-18-38-30(25)40/h4-8,18-19,22,26-28,44-45H,9-17H2,1-3H3,(H,35,42)(H,36,46)(H,50,51)(H,52,53)(H2,34,37,38)(H2,47,48,49). The van der Waals surface area contributed by atoms with Gasteiger partial charge in [-0.1, -0.05) is 55.9 Å². The minimum atomic E-state index is -5.62. The number of benzene rings is 1. The van der Waals surface area contributed by atoms with Gasteiger partial charge in [0.1, 0.15) is 42.9 Å². The SMILES string of the molecule is CC(C)(COP(=O)(O)OP(=O)(O)OCC1OC(C)(n2cnc3c(N)ncnc32)C(O)C1OP(=O)(O)O)C(O)C(=O)NCCC(=O)NCCSC(=O)CC(=O)COCc1ccccc1. The third-order valence-corrected chi connectivity index (χ3v) is 12.9. The number of ether oxygens (including phenoxy) is 2. The molecule has 4 rings (SSSR count). The third kappa shape index (κ3) is 15.5. The number of anilines is 1. The normalized spacial score (nSPS) is 21.6. The number of thioether (sulfide) groups is 1. The van der Waals surface area contributed by atoms with Gasteiger partial charge >= 0.3 is 23.5 Å². The van der Waals surface area contributed by atoms with Crippen LogP contribution in [0.3, 0.4) is 0 Å².